The third-order valence-corrected chi connectivity index (χ3v) is 5.17. The third kappa shape index (κ3) is 3.64. The fourth-order valence-electron chi connectivity index (χ4n) is 1.83. The number of nitrogens with one attached hydrogen (secondary N) is 1. The summed E-state index contributed by atoms with van der Waals surface area (Å²) in [7, 11) is -8.56. The van der Waals surface area contributed by atoms with Crippen LogP contribution < -0.4 is 9.86 Å². The summed E-state index contributed by atoms with van der Waals surface area (Å²) in [5.41, 5.74) is -0.929. The molecule has 0 spiro atoms. The quantitative estimate of drug-likeness (QED) is 0.603. The predicted molar refractivity (Wildman–Crippen MR) is 81.7 cm³/mol. The smallest absolute Gasteiger partial charge is 0.278 e. The fourth-order valence-corrected chi connectivity index (χ4v) is 3.85. The van der Waals surface area contributed by atoms with Gasteiger partial charge in [0.05, 0.1) is 10.6 Å². The second-order valence-electron chi connectivity index (χ2n) is 4.37. The first-order valence-corrected chi connectivity index (χ1v) is 9.04. The molecule has 0 saturated heterocycles. The predicted octanol–water partition coefficient (Wildman–Crippen LogP) is 1.04. The van der Waals surface area contributed by atoms with Gasteiger partial charge in [-0.2, -0.15) is 0 Å². The Bertz CT molecular complexity index is 970. The molecule has 0 unspecified atom stereocenters. The Kier molecular flexibility index (Phi) is 4.36. The van der Waals surface area contributed by atoms with Gasteiger partial charge in [0, 0.05) is 6.07 Å². The molecular weight excluding hydrogens is 346 g/mol. The van der Waals surface area contributed by atoms with Crippen LogP contribution in [0.15, 0.2) is 58.3 Å². The lowest BCUT2D eigenvalue weighted by atomic mass is 10.3. The molecule has 2 aromatic carbocycles. The molecule has 23 heavy (non-hydrogen) atoms. The van der Waals surface area contributed by atoms with Gasteiger partial charge in [0.2, 0.25) is 10.0 Å². The molecule has 0 amide bonds. The molecular formula is C12H11N3O6S2. The zero-order valence-corrected chi connectivity index (χ0v) is 13.0. The standard InChI is InChI=1S/C12H11N3O6S2/c13-22(18,19)11-7-3-1-5-9(11)14-23(20,21)12-8-4-2-6-10(12)15(16)17/h1-8,14H,(H2,13,18,19). The molecule has 0 aliphatic heterocycles. The van der Waals surface area contributed by atoms with Crippen molar-refractivity contribution in [2.24, 2.45) is 5.14 Å². The molecule has 2 rings (SSSR count). The van der Waals surface area contributed by atoms with Crippen LogP contribution in [0.25, 0.3) is 0 Å². The zero-order chi connectivity index (χ0) is 17.3. The zero-order valence-electron chi connectivity index (χ0n) is 11.4. The number of rotatable bonds is 5. The van der Waals surface area contributed by atoms with E-state index in [0.29, 0.717) is 0 Å². The third-order valence-electron chi connectivity index (χ3n) is 2.79. The van der Waals surface area contributed by atoms with Crippen LogP contribution >= 0.6 is 0 Å². The number of benzene rings is 2. The van der Waals surface area contributed by atoms with Crippen LogP contribution in [0, 0.1) is 10.1 Å². The highest BCUT2D eigenvalue weighted by molar-refractivity contribution is 7.93. The minimum atomic E-state index is -4.38. The summed E-state index contributed by atoms with van der Waals surface area (Å²) >= 11 is 0. The molecule has 0 heterocycles. The maximum absolute atomic E-state index is 12.4. The molecule has 9 nitrogen and oxygen atoms in total. The Hall–Kier alpha value is -2.50. The number of para-hydroxylation sites is 2. The number of nitrogens with zero attached hydrogens (tertiary/aromatic N) is 1. The van der Waals surface area contributed by atoms with E-state index in [-0.39, 0.29) is 5.69 Å². The Morgan fingerprint density at radius 2 is 1.43 bits per heavy atom. The summed E-state index contributed by atoms with van der Waals surface area (Å²) in [5, 5.41) is 16.0. The second kappa shape index (κ2) is 5.95. The number of nitro benzene ring substituents is 1. The maximum atomic E-state index is 12.4. The van der Waals surface area contributed by atoms with E-state index < -0.39 is 40.4 Å². The Morgan fingerprint density at radius 3 is 2.00 bits per heavy atom. The summed E-state index contributed by atoms with van der Waals surface area (Å²) in [5.74, 6) is 0. The highest BCUT2D eigenvalue weighted by Gasteiger charge is 2.26. The number of hydrogen-bond donors (Lipinski definition) is 2. The van der Waals surface area contributed by atoms with E-state index in [1.165, 1.54) is 30.3 Å². The number of primary sulfonamides is 1. The lowest BCUT2D eigenvalue weighted by molar-refractivity contribution is -0.387. The number of nitrogens with two attached hydrogens (primary N) is 1. The van der Waals surface area contributed by atoms with Gasteiger partial charge >= 0.3 is 0 Å². The SMILES string of the molecule is NS(=O)(=O)c1ccccc1NS(=O)(=O)c1ccccc1[N+](=O)[O-]. The first-order valence-electron chi connectivity index (χ1n) is 6.01. The van der Waals surface area contributed by atoms with Crippen LogP contribution in [0.4, 0.5) is 11.4 Å². The van der Waals surface area contributed by atoms with E-state index in [1.54, 1.807) is 0 Å². The van der Waals surface area contributed by atoms with Crippen molar-refractivity contribution >= 4 is 31.4 Å². The van der Waals surface area contributed by atoms with E-state index in [0.717, 1.165) is 18.2 Å². The van der Waals surface area contributed by atoms with Crippen LogP contribution in [0.1, 0.15) is 0 Å². The van der Waals surface area contributed by atoms with Gasteiger partial charge in [0.1, 0.15) is 4.90 Å². The van der Waals surface area contributed by atoms with Gasteiger partial charge in [0.15, 0.2) is 4.90 Å². The molecule has 0 aliphatic carbocycles. The fraction of sp³-hybridized carbons (Fsp3) is 0. The van der Waals surface area contributed by atoms with Crippen LogP contribution in [-0.2, 0) is 20.0 Å². The van der Waals surface area contributed by atoms with Crippen molar-refractivity contribution in [3.05, 3.63) is 58.6 Å². The Labute approximate surface area is 132 Å². The van der Waals surface area contributed by atoms with E-state index in [2.05, 4.69) is 0 Å². The van der Waals surface area contributed by atoms with Gasteiger partial charge in [-0.3, -0.25) is 14.8 Å². The number of hydrogen-bond acceptors (Lipinski definition) is 6. The van der Waals surface area contributed by atoms with Crippen molar-refractivity contribution in [2.45, 2.75) is 9.79 Å². The maximum Gasteiger partial charge on any atom is 0.289 e. The van der Waals surface area contributed by atoms with Gasteiger partial charge < -0.3 is 0 Å². The van der Waals surface area contributed by atoms with Crippen LogP contribution in [0.3, 0.4) is 0 Å². The van der Waals surface area contributed by atoms with E-state index in [1.807, 2.05) is 4.72 Å². The number of anilines is 1. The summed E-state index contributed by atoms with van der Waals surface area (Å²) in [6, 6.07) is 9.76. The van der Waals surface area contributed by atoms with Crippen molar-refractivity contribution in [3.8, 4) is 0 Å². The van der Waals surface area contributed by atoms with Gasteiger partial charge in [0.25, 0.3) is 15.7 Å². The molecule has 0 atom stereocenters. The normalized spacial score (nSPS) is 11.9. The van der Waals surface area contributed by atoms with Crippen molar-refractivity contribution in [1.82, 2.24) is 0 Å². The molecule has 2 aromatic rings. The Morgan fingerprint density at radius 1 is 0.913 bits per heavy atom. The topological polar surface area (TPSA) is 149 Å². The van der Waals surface area contributed by atoms with Gasteiger partial charge in [-0.1, -0.05) is 24.3 Å². The highest BCUT2D eigenvalue weighted by atomic mass is 32.2. The van der Waals surface area contributed by atoms with Crippen molar-refractivity contribution < 1.29 is 21.8 Å². The lowest BCUT2D eigenvalue weighted by Gasteiger charge is -2.11. The summed E-state index contributed by atoms with van der Waals surface area (Å²) in [6.45, 7) is 0. The van der Waals surface area contributed by atoms with Gasteiger partial charge in [-0.15, -0.1) is 0 Å². The average Bonchev–Trinajstić information content (AvgIpc) is 2.46. The van der Waals surface area contributed by atoms with Crippen LogP contribution in [0.2, 0.25) is 0 Å². The van der Waals surface area contributed by atoms with Crippen LogP contribution in [0.5, 0.6) is 0 Å². The summed E-state index contributed by atoms with van der Waals surface area (Å²) < 4.78 is 49.7. The monoisotopic (exact) mass is 357 g/mol. The largest absolute Gasteiger partial charge is 0.289 e. The van der Waals surface area contributed by atoms with Crippen molar-refractivity contribution in [3.63, 3.8) is 0 Å². The van der Waals surface area contributed by atoms with E-state index in [4.69, 9.17) is 5.14 Å². The second-order valence-corrected chi connectivity index (χ2v) is 7.55. The molecule has 11 heteroatoms. The minimum Gasteiger partial charge on any atom is -0.278 e. The minimum absolute atomic E-state index is 0.298. The average molecular weight is 357 g/mol. The molecule has 3 N–H and O–H groups in total. The number of sulfonamides is 2. The summed E-state index contributed by atoms with van der Waals surface area (Å²) in [6.07, 6.45) is 0. The lowest BCUT2D eigenvalue weighted by Crippen LogP contribution is -2.19. The molecule has 0 aliphatic rings. The number of nitro groups is 1. The van der Waals surface area contributed by atoms with Crippen molar-refractivity contribution in [2.75, 3.05) is 4.72 Å². The van der Waals surface area contributed by atoms with Crippen LogP contribution in [-0.4, -0.2) is 21.8 Å². The van der Waals surface area contributed by atoms with Gasteiger partial charge in [-0.25, -0.2) is 22.0 Å². The molecule has 0 radical (unpaired) electrons. The first-order chi connectivity index (χ1) is 10.6. The van der Waals surface area contributed by atoms with Gasteiger partial charge in [-0.05, 0) is 18.2 Å². The Balaban J connectivity index is 2.56. The molecule has 0 fully saturated rings. The molecule has 0 aromatic heterocycles. The summed E-state index contributed by atoms with van der Waals surface area (Å²) in [4.78, 5) is 9.07. The molecule has 0 saturated carbocycles. The highest BCUT2D eigenvalue weighted by Crippen LogP contribution is 2.27. The molecule has 122 valence electrons. The van der Waals surface area contributed by atoms with E-state index >= 15 is 0 Å². The first kappa shape index (κ1) is 16.9. The van der Waals surface area contributed by atoms with Crippen molar-refractivity contribution in [1.29, 1.82) is 0 Å². The molecule has 0 bridgehead atoms. The van der Waals surface area contributed by atoms with E-state index in [9.17, 15) is 26.9 Å².